The highest BCUT2D eigenvalue weighted by atomic mass is 16.2. The normalized spacial score (nSPS) is 50.0. The second kappa shape index (κ2) is 6.70. The Bertz CT molecular complexity index is 510. The van der Waals surface area contributed by atoms with Gasteiger partial charge >= 0.3 is 0 Å². The van der Waals surface area contributed by atoms with Crippen molar-refractivity contribution in [1.82, 2.24) is 0 Å². The van der Waals surface area contributed by atoms with Crippen LogP contribution in [0.5, 0.6) is 0 Å². The molecule has 0 unspecified atom stereocenters. The second-order valence-electron chi connectivity index (χ2n) is 10.6. The predicted octanol–water partition coefficient (Wildman–Crippen LogP) is 6.22. The topological polar surface area (TPSA) is 20.2 Å². The Kier molecular flexibility index (Phi) is 4.84. The minimum atomic E-state index is 0.365. The summed E-state index contributed by atoms with van der Waals surface area (Å²) in [6.45, 7) is 8.13. The van der Waals surface area contributed by atoms with E-state index in [-0.39, 0.29) is 0 Å². The van der Waals surface area contributed by atoms with E-state index in [0.29, 0.717) is 17.4 Å². The SMILES string of the molecule is C[C@H](CCCO)[C@@H]1CC[C@@H]2[C@H]3C=C[C@H]4CCCC[C@]4(C)[C@@H]3CC[C@]21C. The van der Waals surface area contributed by atoms with Crippen LogP contribution in [0, 0.1) is 46.3 Å². The molecule has 1 heteroatoms. The van der Waals surface area contributed by atoms with E-state index in [1.54, 1.807) is 0 Å². The van der Waals surface area contributed by atoms with Gasteiger partial charge in [-0.05, 0) is 97.7 Å². The zero-order valence-electron chi connectivity index (χ0n) is 16.8. The average molecular weight is 345 g/mol. The standard InChI is InChI=1S/C24H40O/c1-17(7-6-16-25)20-11-12-21-19-10-9-18-8-4-5-14-23(18,2)22(19)13-15-24(20,21)3/h9-10,17-22,25H,4-8,11-16H2,1-3H3/t17-,18-,19-,20+,21-,22-,23+,24+/m1/s1. The van der Waals surface area contributed by atoms with Gasteiger partial charge < -0.3 is 5.11 Å². The third-order valence-corrected chi connectivity index (χ3v) is 9.65. The van der Waals surface area contributed by atoms with Crippen molar-refractivity contribution >= 4 is 0 Å². The van der Waals surface area contributed by atoms with Crippen LogP contribution in [0.1, 0.15) is 85.0 Å². The molecule has 4 aliphatic rings. The fraction of sp³-hybridized carbons (Fsp3) is 0.917. The molecule has 4 rings (SSSR count). The Morgan fingerprint density at radius 2 is 1.76 bits per heavy atom. The smallest absolute Gasteiger partial charge is 0.0431 e. The van der Waals surface area contributed by atoms with Crippen molar-refractivity contribution in [2.24, 2.45) is 46.3 Å². The van der Waals surface area contributed by atoms with Gasteiger partial charge in [-0.1, -0.05) is 45.8 Å². The Morgan fingerprint density at radius 1 is 0.960 bits per heavy atom. The molecule has 4 aliphatic carbocycles. The molecule has 0 spiro atoms. The Balaban J connectivity index is 1.57. The van der Waals surface area contributed by atoms with Crippen LogP contribution in [-0.4, -0.2) is 11.7 Å². The molecule has 0 aromatic rings. The lowest BCUT2D eigenvalue weighted by Crippen LogP contribution is -2.51. The summed E-state index contributed by atoms with van der Waals surface area (Å²) in [5.74, 6) is 5.26. The molecule has 25 heavy (non-hydrogen) atoms. The van der Waals surface area contributed by atoms with Gasteiger partial charge in [-0.15, -0.1) is 0 Å². The highest BCUT2D eigenvalue weighted by Crippen LogP contribution is 2.66. The van der Waals surface area contributed by atoms with Crippen molar-refractivity contribution in [3.05, 3.63) is 12.2 Å². The van der Waals surface area contributed by atoms with Crippen molar-refractivity contribution in [2.75, 3.05) is 6.61 Å². The summed E-state index contributed by atoms with van der Waals surface area (Å²) in [4.78, 5) is 0. The molecular weight excluding hydrogens is 304 g/mol. The Labute approximate surface area is 155 Å². The summed E-state index contributed by atoms with van der Waals surface area (Å²) < 4.78 is 0. The monoisotopic (exact) mass is 344 g/mol. The molecule has 142 valence electrons. The highest BCUT2D eigenvalue weighted by Gasteiger charge is 2.58. The molecular formula is C24H40O. The molecule has 0 aliphatic heterocycles. The molecule has 8 atom stereocenters. The van der Waals surface area contributed by atoms with E-state index in [1.807, 2.05) is 0 Å². The molecule has 1 nitrogen and oxygen atoms in total. The quantitative estimate of drug-likeness (QED) is 0.600. The molecule has 0 amide bonds. The van der Waals surface area contributed by atoms with Gasteiger partial charge in [-0.2, -0.15) is 0 Å². The van der Waals surface area contributed by atoms with Gasteiger partial charge in [-0.25, -0.2) is 0 Å². The van der Waals surface area contributed by atoms with Crippen LogP contribution >= 0.6 is 0 Å². The van der Waals surface area contributed by atoms with Crippen molar-refractivity contribution in [3.8, 4) is 0 Å². The van der Waals surface area contributed by atoms with Gasteiger partial charge in [0.25, 0.3) is 0 Å². The van der Waals surface area contributed by atoms with Crippen LogP contribution in [0.25, 0.3) is 0 Å². The minimum Gasteiger partial charge on any atom is -0.396 e. The summed E-state index contributed by atoms with van der Waals surface area (Å²) >= 11 is 0. The lowest BCUT2D eigenvalue weighted by Gasteiger charge is -2.58. The van der Waals surface area contributed by atoms with E-state index in [0.717, 1.165) is 41.9 Å². The van der Waals surface area contributed by atoms with Gasteiger partial charge in [0.1, 0.15) is 0 Å². The third-order valence-electron chi connectivity index (χ3n) is 9.65. The maximum atomic E-state index is 9.24. The van der Waals surface area contributed by atoms with Gasteiger partial charge in [0.05, 0.1) is 0 Å². The number of aliphatic hydroxyl groups is 1. The van der Waals surface area contributed by atoms with Crippen LogP contribution in [-0.2, 0) is 0 Å². The van der Waals surface area contributed by atoms with Crippen molar-refractivity contribution in [2.45, 2.75) is 85.0 Å². The zero-order valence-corrected chi connectivity index (χ0v) is 16.8. The van der Waals surface area contributed by atoms with Gasteiger partial charge in [0.15, 0.2) is 0 Å². The first-order valence-corrected chi connectivity index (χ1v) is 11.3. The molecule has 0 bridgehead atoms. The largest absolute Gasteiger partial charge is 0.396 e. The van der Waals surface area contributed by atoms with E-state index >= 15 is 0 Å². The van der Waals surface area contributed by atoms with E-state index in [2.05, 4.69) is 32.9 Å². The second-order valence-corrected chi connectivity index (χ2v) is 10.6. The third kappa shape index (κ3) is 2.75. The zero-order chi connectivity index (χ0) is 17.7. The maximum Gasteiger partial charge on any atom is 0.0431 e. The van der Waals surface area contributed by atoms with Crippen LogP contribution in [0.3, 0.4) is 0 Å². The van der Waals surface area contributed by atoms with E-state index in [9.17, 15) is 5.11 Å². The first kappa shape index (κ1) is 18.1. The minimum absolute atomic E-state index is 0.365. The molecule has 1 N–H and O–H groups in total. The number of hydrogen-bond donors (Lipinski definition) is 1. The Morgan fingerprint density at radius 3 is 2.56 bits per heavy atom. The lowest BCUT2D eigenvalue weighted by atomic mass is 9.46. The summed E-state index contributed by atoms with van der Waals surface area (Å²) in [6, 6.07) is 0. The fourth-order valence-electron chi connectivity index (χ4n) is 8.25. The fourth-order valence-corrected chi connectivity index (χ4v) is 8.25. The van der Waals surface area contributed by atoms with E-state index in [4.69, 9.17) is 0 Å². The first-order chi connectivity index (χ1) is 12.0. The molecule has 0 saturated heterocycles. The molecule has 0 aromatic carbocycles. The molecule has 3 fully saturated rings. The number of aliphatic hydroxyl groups excluding tert-OH is 1. The highest BCUT2D eigenvalue weighted by molar-refractivity contribution is 5.17. The number of fused-ring (bicyclic) bond motifs is 5. The maximum absolute atomic E-state index is 9.24. The van der Waals surface area contributed by atoms with Crippen molar-refractivity contribution < 1.29 is 5.11 Å². The number of rotatable bonds is 4. The Hall–Kier alpha value is -0.300. The lowest BCUT2D eigenvalue weighted by molar-refractivity contribution is -0.0645. The number of allylic oxidation sites excluding steroid dienone is 2. The summed E-state index contributed by atoms with van der Waals surface area (Å²) in [7, 11) is 0. The molecule has 0 radical (unpaired) electrons. The summed E-state index contributed by atoms with van der Waals surface area (Å²) in [6.07, 6.45) is 19.2. The van der Waals surface area contributed by atoms with E-state index in [1.165, 1.54) is 57.8 Å². The van der Waals surface area contributed by atoms with Gasteiger partial charge in [-0.3, -0.25) is 0 Å². The van der Waals surface area contributed by atoms with Crippen LogP contribution < -0.4 is 0 Å². The number of hydrogen-bond acceptors (Lipinski definition) is 1. The molecule has 0 aromatic heterocycles. The average Bonchev–Trinajstić information content (AvgIpc) is 2.96. The van der Waals surface area contributed by atoms with Crippen molar-refractivity contribution in [3.63, 3.8) is 0 Å². The van der Waals surface area contributed by atoms with Gasteiger partial charge in [0, 0.05) is 6.61 Å². The van der Waals surface area contributed by atoms with Crippen LogP contribution in [0.2, 0.25) is 0 Å². The predicted molar refractivity (Wildman–Crippen MR) is 105 cm³/mol. The van der Waals surface area contributed by atoms with Crippen LogP contribution in [0.4, 0.5) is 0 Å². The van der Waals surface area contributed by atoms with E-state index < -0.39 is 0 Å². The summed E-state index contributed by atoms with van der Waals surface area (Å²) in [5.41, 5.74) is 1.15. The van der Waals surface area contributed by atoms with Crippen molar-refractivity contribution in [1.29, 1.82) is 0 Å². The summed E-state index contributed by atoms with van der Waals surface area (Å²) in [5, 5.41) is 9.24. The van der Waals surface area contributed by atoms with Crippen LogP contribution in [0.15, 0.2) is 12.2 Å². The molecule has 3 saturated carbocycles. The first-order valence-electron chi connectivity index (χ1n) is 11.3. The van der Waals surface area contributed by atoms with Gasteiger partial charge in [0.2, 0.25) is 0 Å². The molecule has 0 heterocycles.